The maximum absolute atomic E-state index is 12.2. The molecule has 0 heterocycles. The van der Waals surface area contributed by atoms with Gasteiger partial charge in [0.15, 0.2) is 0 Å². The maximum Gasteiger partial charge on any atom is 0.243 e. The van der Waals surface area contributed by atoms with Crippen molar-refractivity contribution in [2.75, 3.05) is 0 Å². The number of hydrogen-bond acceptors (Lipinski definition) is 3. The summed E-state index contributed by atoms with van der Waals surface area (Å²) < 4.78 is 0. The number of carbonyl (C=O) groups excluding carboxylic acids is 2. The van der Waals surface area contributed by atoms with E-state index in [0.717, 1.165) is 25.7 Å². The van der Waals surface area contributed by atoms with Gasteiger partial charge in [0.1, 0.15) is 0 Å². The van der Waals surface area contributed by atoms with Gasteiger partial charge < -0.3 is 16.4 Å². The Kier molecular flexibility index (Phi) is 8.35. The minimum absolute atomic E-state index is 0.0864. The lowest BCUT2D eigenvalue weighted by Gasteiger charge is -2.22. The summed E-state index contributed by atoms with van der Waals surface area (Å²) in [6.45, 7) is 1.66. The van der Waals surface area contributed by atoms with Crippen molar-refractivity contribution in [1.82, 2.24) is 10.6 Å². The van der Waals surface area contributed by atoms with E-state index < -0.39 is 6.04 Å². The van der Waals surface area contributed by atoms with Crippen LogP contribution in [0.5, 0.6) is 0 Å². The summed E-state index contributed by atoms with van der Waals surface area (Å²) in [5.74, 6) is -0.294. The van der Waals surface area contributed by atoms with Gasteiger partial charge in [-0.1, -0.05) is 55.7 Å². The molecule has 4 N–H and O–H groups in total. The predicted molar refractivity (Wildman–Crippen MR) is 104 cm³/mol. The number of aryl methyl sites for hydroxylation is 1. The predicted octanol–water partition coefficient (Wildman–Crippen LogP) is 2.46. The second-order valence-electron chi connectivity index (χ2n) is 7.13. The van der Waals surface area contributed by atoms with Crippen LogP contribution in [-0.4, -0.2) is 29.9 Å². The highest BCUT2D eigenvalue weighted by Gasteiger charge is 2.16. The minimum atomic E-state index is -0.571. The van der Waals surface area contributed by atoms with Crippen LogP contribution in [0, 0.1) is 0 Å². The Morgan fingerprint density at radius 1 is 1.19 bits per heavy atom. The van der Waals surface area contributed by atoms with Crippen LogP contribution < -0.4 is 16.4 Å². The van der Waals surface area contributed by atoms with E-state index in [1.165, 1.54) is 24.8 Å². The van der Waals surface area contributed by atoms with Gasteiger partial charge >= 0.3 is 0 Å². The molecule has 2 atom stereocenters. The number of nitrogens with one attached hydrogen (secondary N) is 2. The second-order valence-corrected chi connectivity index (χ2v) is 7.13. The first-order valence-electron chi connectivity index (χ1n) is 9.63. The third-order valence-corrected chi connectivity index (χ3v) is 4.76. The van der Waals surface area contributed by atoms with Gasteiger partial charge in [0.2, 0.25) is 11.8 Å². The zero-order valence-corrected chi connectivity index (χ0v) is 15.6. The summed E-state index contributed by atoms with van der Waals surface area (Å²) in [6, 6.07) is 9.59. The van der Waals surface area contributed by atoms with E-state index >= 15 is 0 Å². The maximum atomic E-state index is 12.2. The number of carbonyl (C=O) groups is 2. The summed E-state index contributed by atoms with van der Waals surface area (Å²) in [6.07, 6.45) is 10.6. The zero-order valence-electron chi connectivity index (χ0n) is 15.6. The third kappa shape index (κ3) is 7.40. The van der Waals surface area contributed by atoms with E-state index in [4.69, 9.17) is 5.73 Å². The van der Waals surface area contributed by atoms with Gasteiger partial charge in [0, 0.05) is 18.2 Å². The van der Waals surface area contributed by atoms with E-state index in [9.17, 15) is 9.59 Å². The van der Waals surface area contributed by atoms with Crippen molar-refractivity contribution in [3.8, 4) is 0 Å². The number of amides is 2. The lowest BCUT2D eigenvalue weighted by atomic mass is 9.95. The fourth-order valence-electron chi connectivity index (χ4n) is 3.20. The largest absolute Gasteiger partial charge is 0.350 e. The van der Waals surface area contributed by atoms with Crippen LogP contribution in [0.2, 0.25) is 0 Å². The van der Waals surface area contributed by atoms with E-state index in [1.54, 1.807) is 19.1 Å². The monoisotopic (exact) mass is 357 g/mol. The Labute approximate surface area is 156 Å². The Morgan fingerprint density at radius 2 is 1.88 bits per heavy atom. The second kappa shape index (κ2) is 10.8. The molecular weight excluding hydrogens is 326 g/mol. The first kappa shape index (κ1) is 20.2. The molecule has 1 aliphatic carbocycles. The molecule has 1 fully saturated rings. The van der Waals surface area contributed by atoms with Crippen LogP contribution in [0.1, 0.15) is 51.0 Å². The Hall–Kier alpha value is -2.14. The molecule has 2 rings (SSSR count). The van der Waals surface area contributed by atoms with Crippen molar-refractivity contribution < 1.29 is 9.59 Å². The number of nitrogens with two attached hydrogens (primary N) is 1. The normalized spacial score (nSPS) is 17.6. The van der Waals surface area contributed by atoms with E-state index in [2.05, 4.69) is 22.8 Å². The van der Waals surface area contributed by atoms with Crippen molar-refractivity contribution in [1.29, 1.82) is 0 Å². The third-order valence-electron chi connectivity index (χ3n) is 4.76. The van der Waals surface area contributed by atoms with Crippen LogP contribution in [0.4, 0.5) is 0 Å². The summed E-state index contributed by atoms with van der Waals surface area (Å²) >= 11 is 0. The molecule has 0 saturated heterocycles. The molecule has 1 aliphatic rings. The van der Waals surface area contributed by atoms with Gasteiger partial charge in [0.05, 0.1) is 6.04 Å². The van der Waals surface area contributed by atoms with Crippen LogP contribution >= 0.6 is 0 Å². The summed E-state index contributed by atoms with van der Waals surface area (Å²) in [7, 11) is 0. The summed E-state index contributed by atoms with van der Waals surface area (Å²) in [4.78, 5) is 24.1. The molecule has 0 aromatic heterocycles. The molecule has 0 unspecified atom stereocenters. The lowest BCUT2D eigenvalue weighted by molar-refractivity contribution is -0.122. The first-order valence-corrected chi connectivity index (χ1v) is 9.63. The summed E-state index contributed by atoms with van der Waals surface area (Å²) in [5.41, 5.74) is 6.86. The standard InChI is InChI=1S/C21H31N3O2/c1-16(22)21(26)24-19(13-12-17-8-4-2-5-9-17)14-15-20(25)23-18-10-6-3-7-11-18/h2,4-5,8-9,14-16,18-19H,3,6-7,10-13,22H2,1H3,(H,23,25)(H,24,26)/t16-,19-/m0/s1. The first-order chi connectivity index (χ1) is 12.5. The molecule has 26 heavy (non-hydrogen) atoms. The van der Waals surface area contributed by atoms with Crippen LogP contribution in [0.25, 0.3) is 0 Å². The highest BCUT2D eigenvalue weighted by atomic mass is 16.2. The van der Waals surface area contributed by atoms with Gasteiger partial charge in [-0.05, 0) is 38.2 Å². The van der Waals surface area contributed by atoms with Gasteiger partial charge in [-0.3, -0.25) is 9.59 Å². The Morgan fingerprint density at radius 3 is 2.54 bits per heavy atom. The van der Waals surface area contributed by atoms with Gasteiger partial charge in [-0.2, -0.15) is 0 Å². The lowest BCUT2D eigenvalue weighted by Crippen LogP contribution is -2.43. The zero-order chi connectivity index (χ0) is 18.8. The molecule has 1 aromatic rings. The SMILES string of the molecule is C[C@H](N)C(=O)N[C@H](C=CC(=O)NC1CCCCC1)CCc1ccccc1. The average Bonchev–Trinajstić information content (AvgIpc) is 2.65. The molecule has 142 valence electrons. The van der Waals surface area contributed by atoms with Crippen molar-refractivity contribution in [2.45, 2.75) is 70.0 Å². The van der Waals surface area contributed by atoms with Crippen LogP contribution in [-0.2, 0) is 16.0 Å². The molecular formula is C21H31N3O2. The van der Waals surface area contributed by atoms with E-state index in [0.29, 0.717) is 0 Å². The molecule has 5 nitrogen and oxygen atoms in total. The van der Waals surface area contributed by atoms with E-state index in [1.807, 2.05) is 18.2 Å². The quantitative estimate of drug-likeness (QED) is 0.625. The molecule has 2 amide bonds. The van der Waals surface area contributed by atoms with Crippen LogP contribution in [0.3, 0.4) is 0 Å². The molecule has 1 saturated carbocycles. The number of hydrogen-bond donors (Lipinski definition) is 3. The number of rotatable bonds is 8. The fourth-order valence-corrected chi connectivity index (χ4v) is 3.20. The van der Waals surface area contributed by atoms with Crippen molar-refractivity contribution in [3.05, 3.63) is 48.0 Å². The molecule has 5 heteroatoms. The highest BCUT2D eigenvalue weighted by molar-refractivity contribution is 5.88. The number of benzene rings is 1. The van der Waals surface area contributed by atoms with Gasteiger partial charge in [-0.25, -0.2) is 0 Å². The molecule has 0 aliphatic heterocycles. The van der Waals surface area contributed by atoms with Crippen LogP contribution in [0.15, 0.2) is 42.5 Å². The smallest absolute Gasteiger partial charge is 0.243 e. The fraction of sp³-hybridized carbons (Fsp3) is 0.524. The van der Waals surface area contributed by atoms with Crippen molar-refractivity contribution in [3.63, 3.8) is 0 Å². The highest BCUT2D eigenvalue weighted by Crippen LogP contribution is 2.17. The van der Waals surface area contributed by atoms with E-state index in [-0.39, 0.29) is 23.9 Å². The van der Waals surface area contributed by atoms with Crippen molar-refractivity contribution >= 4 is 11.8 Å². The Bertz CT molecular complexity index is 593. The summed E-state index contributed by atoms with van der Waals surface area (Å²) in [5, 5.41) is 5.98. The minimum Gasteiger partial charge on any atom is -0.350 e. The molecule has 0 radical (unpaired) electrons. The average molecular weight is 357 g/mol. The Balaban J connectivity index is 1.90. The topological polar surface area (TPSA) is 84.2 Å². The van der Waals surface area contributed by atoms with Crippen molar-refractivity contribution in [2.24, 2.45) is 5.73 Å². The molecule has 0 spiro atoms. The van der Waals surface area contributed by atoms with Gasteiger partial charge in [0.25, 0.3) is 0 Å². The molecule has 0 bridgehead atoms. The molecule has 1 aromatic carbocycles. The van der Waals surface area contributed by atoms with Gasteiger partial charge in [-0.15, -0.1) is 0 Å².